The smallest absolute Gasteiger partial charge is 0.307 e. The maximum Gasteiger partial charge on any atom is 0.307 e. The molecule has 36 heavy (non-hydrogen) atoms. The molecule has 0 amide bonds. The topological polar surface area (TPSA) is 63.6 Å². The quantitative estimate of drug-likeness (QED) is 0.0648. The Morgan fingerprint density at radius 3 is 1.50 bits per heavy atom. The van der Waals surface area contributed by atoms with Crippen molar-refractivity contribution in [3.63, 3.8) is 0 Å². The van der Waals surface area contributed by atoms with Crippen LogP contribution < -0.4 is 0 Å². The number of carboxylic acids is 1. The maximum absolute atomic E-state index is 12.1. The van der Waals surface area contributed by atoms with Gasteiger partial charge in [0.1, 0.15) is 6.10 Å². The van der Waals surface area contributed by atoms with Crippen molar-refractivity contribution in [2.45, 2.75) is 180 Å². The highest BCUT2D eigenvalue weighted by Crippen LogP contribution is 2.15. The molecule has 212 valence electrons. The van der Waals surface area contributed by atoms with E-state index in [9.17, 15) is 9.59 Å². The largest absolute Gasteiger partial charge is 0.481 e. The number of aliphatic carboxylic acids is 1. The van der Waals surface area contributed by atoms with E-state index in [1.165, 1.54) is 116 Å². The first-order valence-corrected chi connectivity index (χ1v) is 15.7. The van der Waals surface area contributed by atoms with E-state index in [4.69, 9.17) is 9.84 Å². The summed E-state index contributed by atoms with van der Waals surface area (Å²) in [7, 11) is 0. The van der Waals surface area contributed by atoms with Crippen LogP contribution in [0.4, 0.5) is 0 Å². The van der Waals surface area contributed by atoms with Gasteiger partial charge in [-0.15, -0.1) is 0 Å². The van der Waals surface area contributed by atoms with E-state index >= 15 is 0 Å². The molecule has 4 nitrogen and oxygen atoms in total. The molecule has 1 atom stereocenters. The van der Waals surface area contributed by atoms with Gasteiger partial charge in [-0.25, -0.2) is 0 Å². The molecule has 0 heterocycles. The summed E-state index contributed by atoms with van der Waals surface area (Å²) in [6.45, 7) is 4.44. The van der Waals surface area contributed by atoms with Crippen molar-refractivity contribution >= 4 is 11.9 Å². The normalized spacial score (nSPS) is 12.3. The second-order valence-electron chi connectivity index (χ2n) is 10.7. The third-order valence-electron chi connectivity index (χ3n) is 6.97. The molecule has 0 rings (SSSR count). The molecule has 0 fully saturated rings. The number of unbranched alkanes of at least 4 members (excludes halogenated alkanes) is 19. The Labute approximate surface area is 224 Å². The molecule has 0 spiro atoms. The monoisotopic (exact) mass is 508 g/mol. The van der Waals surface area contributed by atoms with Crippen LogP contribution in [-0.2, 0) is 14.3 Å². The molecule has 0 aromatic carbocycles. The van der Waals surface area contributed by atoms with Gasteiger partial charge in [0, 0.05) is 6.42 Å². The zero-order valence-corrected chi connectivity index (χ0v) is 24.1. The highest BCUT2D eigenvalue weighted by molar-refractivity contribution is 5.71. The van der Waals surface area contributed by atoms with E-state index in [1.54, 1.807) is 0 Å². The zero-order chi connectivity index (χ0) is 26.5. The summed E-state index contributed by atoms with van der Waals surface area (Å²) < 4.78 is 5.48. The van der Waals surface area contributed by atoms with Crippen molar-refractivity contribution < 1.29 is 19.4 Å². The number of allylic oxidation sites excluding steroid dienone is 2. The van der Waals surface area contributed by atoms with E-state index in [0.717, 1.165) is 25.7 Å². The predicted molar refractivity (Wildman–Crippen MR) is 153 cm³/mol. The lowest BCUT2D eigenvalue weighted by Crippen LogP contribution is -2.21. The Kier molecular flexibility index (Phi) is 27.2. The predicted octanol–water partition coefficient (Wildman–Crippen LogP) is 10.3. The molecule has 0 saturated heterocycles. The lowest BCUT2D eigenvalue weighted by molar-refractivity contribution is -0.153. The molecule has 1 unspecified atom stereocenters. The van der Waals surface area contributed by atoms with Crippen molar-refractivity contribution in [1.82, 2.24) is 0 Å². The Bertz CT molecular complexity index is 514. The molecule has 0 aromatic rings. The minimum Gasteiger partial charge on any atom is -0.481 e. The molecule has 0 radical (unpaired) electrons. The van der Waals surface area contributed by atoms with Crippen LogP contribution in [0, 0.1) is 0 Å². The second-order valence-corrected chi connectivity index (χ2v) is 10.7. The van der Waals surface area contributed by atoms with Crippen molar-refractivity contribution in [2.75, 3.05) is 0 Å². The standard InChI is InChI=1S/C32H60O4/c1-3-5-7-9-10-11-12-13-14-15-16-17-18-19-20-21-22-24-26-28-32(35)36-30(29-31(33)34)27-25-23-8-6-4-2/h13-14,30H,3-12,15-29H2,1-2H3,(H,33,34)/b14-13-. The van der Waals surface area contributed by atoms with E-state index in [-0.39, 0.29) is 12.4 Å². The van der Waals surface area contributed by atoms with E-state index < -0.39 is 12.1 Å². The van der Waals surface area contributed by atoms with Crippen molar-refractivity contribution in [3.8, 4) is 0 Å². The molecule has 0 bridgehead atoms. The average Bonchev–Trinajstić information content (AvgIpc) is 2.85. The molecule has 1 N–H and O–H groups in total. The average molecular weight is 509 g/mol. The van der Waals surface area contributed by atoms with Gasteiger partial charge < -0.3 is 9.84 Å². The van der Waals surface area contributed by atoms with Crippen LogP contribution in [0.15, 0.2) is 12.2 Å². The third-order valence-corrected chi connectivity index (χ3v) is 6.97. The van der Waals surface area contributed by atoms with E-state index in [2.05, 4.69) is 26.0 Å². The SMILES string of the molecule is CCCCCCCC/C=C\CCCCCCCCCCCC(=O)OC(CCCCCCC)CC(=O)O. The summed E-state index contributed by atoms with van der Waals surface area (Å²) in [4.78, 5) is 23.2. The molecule has 0 aliphatic rings. The van der Waals surface area contributed by atoms with Crippen molar-refractivity contribution in [3.05, 3.63) is 12.2 Å². The molecule has 0 aliphatic carbocycles. The Morgan fingerprint density at radius 1 is 0.611 bits per heavy atom. The Balaban J connectivity index is 3.53. The lowest BCUT2D eigenvalue weighted by atomic mass is 10.0. The number of hydrogen-bond acceptors (Lipinski definition) is 3. The van der Waals surface area contributed by atoms with Crippen LogP contribution in [0.25, 0.3) is 0 Å². The first-order valence-electron chi connectivity index (χ1n) is 15.7. The first-order chi connectivity index (χ1) is 17.6. The van der Waals surface area contributed by atoms with Gasteiger partial charge in [0.05, 0.1) is 6.42 Å². The molecular weight excluding hydrogens is 448 g/mol. The molecule has 0 aliphatic heterocycles. The van der Waals surface area contributed by atoms with Crippen LogP contribution in [0.2, 0.25) is 0 Å². The lowest BCUT2D eigenvalue weighted by Gasteiger charge is -2.16. The molecular formula is C32H60O4. The minimum absolute atomic E-state index is 0.0744. The summed E-state index contributed by atoms with van der Waals surface area (Å²) in [5, 5.41) is 9.09. The number of carboxylic acid groups (broad SMARTS) is 1. The summed E-state index contributed by atoms with van der Waals surface area (Å²) in [5.41, 5.74) is 0. The van der Waals surface area contributed by atoms with Gasteiger partial charge in [0.2, 0.25) is 0 Å². The number of carbonyl (C=O) groups is 2. The number of esters is 1. The summed E-state index contributed by atoms with van der Waals surface area (Å²) in [6.07, 6.45) is 32.6. The van der Waals surface area contributed by atoms with Gasteiger partial charge in [-0.1, -0.05) is 129 Å². The second kappa shape index (κ2) is 28.3. The molecule has 0 aromatic heterocycles. The number of ether oxygens (including phenoxy) is 1. The summed E-state index contributed by atoms with van der Waals surface area (Å²) in [5.74, 6) is -1.11. The third kappa shape index (κ3) is 27.3. The van der Waals surface area contributed by atoms with Gasteiger partial charge >= 0.3 is 11.9 Å². The van der Waals surface area contributed by atoms with E-state index in [1.807, 2.05) is 0 Å². The molecule has 0 saturated carbocycles. The van der Waals surface area contributed by atoms with Crippen molar-refractivity contribution in [1.29, 1.82) is 0 Å². The van der Waals surface area contributed by atoms with E-state index in [0.29, 0.717) is 12.8 Å². The minimum atomic E-state index is -0.888. The molecule has 4 heteroatoms. The van der Waals surface area contributed by atoms with Gasteiger partial charge in [0.25, 0.3) is 0 Å². The van der Waals surface area contributed by atoms with Crippen molar-refractivity contribution in [2.24, 2.45) is 0 Å². The zero-order valence-electron chi connectivity index (χ0n) is 24.1. The number of hydrogen-bond donors (Lipinski definition) is 1. The van der Waals surface area contributed by atoms with Crippen LogP contribution >= 0.6 is 0 Å². The summed E-state index contributed by atoms with van der Waals surface area (Å²) in [6, 6.07) is 0. The Morgan fingerprint density at radius 2 is 1.03 bits per heavy atom. The number of rotatable bonds is 28. The van der Waals surface area contributed by atoms with Crippen LogP contribution in [0.3, 0.4) is 0 Å². The van der Waals surface area contributed by atoms with Crippen LogP contribution in [0.1, 0.15) is 174 Å². The van der Waals surface area contributed by atoms with Gasteiger partial charge in [-0.05, 0) is 44.9 Å². The highest BCUT2D eigenvalue weighted by atomic mass is 16.5. The van der Waals surface area contributed by atoms with Gasteiger partial charge in [0.15, 0.2) is 0 Å². The fourth-order valence-electron chi connectivity index (χ4n) is 4.66. The highest BCUT2D eigenvalue weighted by Gasteiger charge is 2.17. The van der Waals surface area contributed by atoms with Crippen LogP contribution in [-0.4, -0.2) is 23.1 Å². The van der Waals surface area contributed by atoms with Gasteiger partial charge in [-0.2, -0.15) is 0 Å². The maximum atomic E-state index is 12.1. The fourth-order valence-corrected chi connectivity index (χ4v) is 4.66. The van der Waals surface area contributed by atoms with Crippen LogP contribution in [0.5, 0.6) is 0 Å². The summed E-state index contributed by atoms with van der Waals surface area (Å²) >= 11 is 0. The van der Waals surface area contributed by atoms with Gasteiger partial charge in [-0.3, -0.25) is 9.59 Å². The first kappa shape index (κ1) is 34.7. The Hall–Kier alpha value is -1.32. The number of carbonyl (C=O) groups excluding carboxylic acids is 1. The fraction of sp³-hybridized carbons (Fsp3) is 0.875.